The quantitative estimate of drug-likeness (QED) is 0.528. The van der Waals surface area contributed by atoms with E-state index in [0.29, 0.717) is 34.1 Å². The van der Waals surface area contributed by atoms with Crippen molar-refractivity contribution in [2.24, 2.45) is 0 Å². The summed E-state index contributed by atoms with van der Waals surface area (Å²) in [4.78, 5) is 22.0. The minimum Gasteiger partial charge on any atom is -0.493 e. The Labute approximate surface area is 163 Å². The Kier molecular flexibility index (Phi) is 6.68. The van der Waals surface area contributed by atoms with Crippen LogP contribution in [0.2, 0.25) is 5.15 Å². The summed E-state index contributed by atoms with van der Waals surface area (Å²) in [6.07, 6.45) is 4.65. The minimum atomic E-state index is -0.352. The van der Waals surface area contributed by atoms with E-state index < -0.39 is 0 Å². The van der Waals surface area contributed by atoms with Crippen molar-refractivity contribution in [3.63, 3.8) is 0 Å². The standard InChI is InChI=1S/C19H24ClN3O4/c1-13(24)27-14(10-23-6-4-3-5-7-23)11-26-18-9-16-15(8-17(18)25-2)19(20)22-12-21-16/h8-9,12,14H,3-7,10-11H2,1-2H3/t14-/m0/s1. The Morgan fingerprint density at radius 3 is 2.70 bits per heavy atom. The van der Waals surface area contributed by atoms with Crippen LogP contribution < -0.4 is 9.47 Å². The van der Waals surface area contributed by atoms with Crippen LogP contribution in [0.4, 0.5) is 0 Å². The minimum absolute atomic E-state index is 0.233. The molecule has 7 nitrogen and oxygen atoms in total. The van der Waals surface area contributed by atoms with Crippen molar-refractivity contribution in [2.75, 3.05) is 33.4 Å². The zero-order chi connectivity index (χ0) is 19.2. The maximum absolute atomic E-state index is 11.5. The van der Waals surface area contributed by atoms with Crippen LogP contribution in [-0.2, 0) is 9.53 Å². The molecule has 2 aromatic rings. The first-order chi connectivity index (χ1) is 13.1. The molecule has 3 rings (SSSR count). The molecular weight excluding hydrogens is 370 g/mol. The third-order valence-corrected chi connectivity index (χ3v) is 4.84. The second kappa shape index (κ2) is 9.19. The van der Waals surface area contributed by atoms with E-state index in [-0.39, 0.29) is 18.7 Å². The maximum atomic E-state index is 11.5. The van der Waals surface area contributed by atoms with Gasteiger partial charge in [0.15, 0.2) is 11.5 Å². The number of halogens is 1. The number of benzene rings is 1. The third-order valence-electron chi connectivity index (χ3n) is 4.54. The van der Waals surface area contributed by atoms with E-state index >= 15 is 0 Å². The summed E-state index contributed by atoms with van der Waals surface area (Å²) in [7, 11) is 1.56. The van der Waals surface area contributed by atoms with Gasteiger partial charge < -0.3 is 14.2 Å². The van der Waals surface area contributed by atoms with Gasteiger partial charge in [0, 0.05) is 24.9 Å². The van der Waals surface area contributed by atoms with Crippen molar-refractivity contribution in [2.45, 2.75) is 32.3 Å². The summed E-state index contributed by atoms with van der Waals surface area (Å²) in [5.41, 5.74) is 0.658. The number of aromatic nitrogens is 2. The van der Waals surface area contributed by atoms with Crippen LogP contribution in [-0.4, -0.2) is 60.3 Å². The van der Waals surface area contributed by atoms with Gasteiger partial charge >= 0.3 is 5.97 Å². The highest BCUT2D eigenvalue weighted by atomic mass is 35.5. The van der Waals surface area contributed by atoms with Crippen LogP contribution in [0.1, 0.15) is 26.2 Å². The molecule has 1 atom stereocenters. The molecule has 0 N–H and O–H groups in total. The Hall–Kier alpha value is -2.12. The van der Waals surface area contributed by atoms with E-state index in [1.54, 1.807) is 19.2 Å². The van der Waals surface area contributed by atoms with Crippen molar-refractivity contribution >= 4 is 28.5 Å². The van der Waals surface area contributed by atoms with Crippen molar-refractivity contribution in [1.29, 1.82) is 0 Å². The molecule has 1 aliphatic rings. The fourth-order valence-corrected chi connectivity index (χ4v) is 3.47. The topological polar surface area (TPSA) is 73.8 Å². The lowest BCUT2D eigenvalue weighted by atomic mass is 10.1. The molecule has 2 heterocycles. The summed E-state index contributed by atoms with van der Waals surface area (Å²) in [5, 5.41) is 1.04. The van der Waals surface area contributed by atoms with Crippen LogP contribution in [0, 0.1) is 0 Å². The van der Waals surface area contributed by atoms with Gasteiger partial charge in [0.2, 0.25) is 0 Å². The number of likely N-dealkylation sites (tertiary alicyclic amines) is 1. The number of rotatable bonds is 7. The first kappa shape index (κ1) is 19.6. The normalized spacial score (nSPS) is 16.1. The van der Waals surface area contributed by atoms with Crippen molar-refractivity contribution in [3.8, 4) is 11.5 Å². The molecule has 0 saturated carbocycles. The lowest BCUT2D eigenvalue weighted by Crippen LogP contribution is -2.40. The molecule has 1 aliphatic heterocycles. The van der Waals surface area contributed by atoms with Gasteiger partial charge in [-0.3, -0.25) is 9.69 Å². The molecule has 0 unspecified atom stereocenters. The summed E-state index contributed by atoms with van der Waals surface area (Å²) < 4.78 is 16.8. The Bertz CT molecular complexity index is 796. The number of piperidine rings is 1. The molecule has 8 heteroatoms. The predicted octanol–water partition coefficient (Wildman–Crippen LogP) is 3.09. The van der Waals surface area contributed by atoms with E-state index in [4.69, 9.17) is 25.8 Å². The predicted molar refractivity (Wildman–Crippen MR) is 102 cm³/mol. The number of methoxy groups -OCH3 is 1. The van der Waals surface area contributed by atoms with E-state index in [2.05, 4.69) is 14.9 Å². The van der Waals surface area contributed by atoms with Gasteiger partial charge in [-0.05, 0) is 32.0 Å². The second-order valence-electron chi connectivity index (χ2n) is 6.59. The zero-order valence-electron chi connectivity index (χ0n) is 15.6. The highest BCUT2D eigenvalue weighted by Gasteiger charge is 2.21. The zero-order valence-corrected chi connectivity index (χ0v) is 16.4. The molecule has 0 radical (unpaired) electrons. The molecule has 146 valence electrons. The first-order valence-electron chi connectivity index (χ1n) is 9.07. The molecule has 0 aliphatic carbocycles. The number of ether oxygens (including phenoxy) is 3. The summed E-state index contributed by atoms with van der Waals surface area (Å²) in [6, 6.07) is 3.51. The highest BCUT2D eigenvalue weighted by Crippen LogP contribution is 2.33. The Morgan fingerprint density at radius 1 is 1.22 bits per heavy atom. The molecular formula is C19H24ClN3O4. The molecule has 1 saturated heterocycles. The Balaban J connectivity index is 1.74. The third kappa shape index (κ3) is 5.20. The van der Waals surface area contributed by atoms with E-state index in [1.165, 1.54) is 32.5 Å². The van der Waals surface area contributed by atoms with Crippen LogP contribution in [0.25, 0.3) is 10.9 Å². The average Bonchev–Trinajstić information content (AvgIpc) is 2.66. The second-order valence-corrected chi connectivity index (χ2v) is 6.95. The van der Waals surface area contributed by atoms with E-state index in [9.17, 15) is 4.79 Å². The number of fused-ring (bicyclic) bond motifs is 1. The maximum Gasteiger partial charge on any atom is 0.303 e. The summed E-state index contributed by atoms with van der Waals surface area (Å²) >= 11 is 6.12. The lowest BCUT2D eigenvalue weighted by molar-refractivity contribution is -0.149. The monoisotopic (exact) mass is 393 g/mol. The smallest absolute Gasteiger partial charge is 0.303 e. The molecule has 1 fully saturated rings. The number of carbonyl (C=O) groups excluding carboxylic acids is 1. The molecule has 27 heavy (non-hydrogen) atoms. The fraction of sp³-hybridized carbons (Fsp3) is 0.526. The van der Waals surface area contributed by atoms with Crippen molar-refractivity contribution in [3.05, 3.63) is 23.6 Å². The van der Waals surface area contributed by atoms with E-state index in [1.807, 2.05) is 0 Å². The van der Waals surface area contributed by atoms with Crippen LogP contribution in [0.15, 0.2) is 18.5 Å². The average molecular weight is 394 g/mol. The van der Waals surface area contributed by atoms with Crippen molar-refractivity contribution in [1.82, 2.24) is 14.9 Å². The number of esters is 1. The number of hydrogen-bond donors (Lipinski definition) is 0. The van der Waals surface area contributed by atoms with Gasteiger partial charge in [0.1, 0.15) is 24.2 Å². The Morgan fingerprint density at radius 2 is 2.00 bits per heavy atom. The van der Waals surface area contributed by atoms with Gasteiger partial charge in [-0.25, -0.2) is 9.97 Å². The van der Waals surface area contributed by atoms with Gasteiger partial charge in [-0.15, -0.1) is 0 Å². The molecule has 1 aromatic carbocycles. The fourth-order valence-electron chi connectivity index (χ4n) is 3.28. The van der Waals surface area contributed by atoms with Gasteiger partial charge in [0.25, 0.3) is 0 Å². The summed E-state index contributed by atoms with van der Waals surface area (Å²) in [6.45, 7) is 4.35. The summed E-state index contributed by atoms with van der Waals surface area (Å²) in [5.74, 6) is 0.736. The SMILES string of the molecule is COc1cc2c(Cl)ncnc2cc1OC[C@H](CN1CCCCC1)OC(C)=O. The molecule has 1 aromatic heterocycles. The molecule has 0 bridgehead atoms. The highest BCUT2D eigenvalue weighted by molar-refractivity contribution is 6.34. The number of hydrogen-bond acceptors (Lipinski definition) is 7. The largest absolute Gasteiger partial charge is 0.493 e. The van der Waals surface area contributed by atoms with Gasteiger partial charge in [-0.1, -0.05) is 18.0 Å². The van der Waals surface area contributed by atoms with Crippen LogP contribution in [0.5, 0.6) is 11.5 Å². The van der Waals surface area contributed by atoms with Gasteiger partial charge in [-0.2, -0.15) is 0 Å². The number of nitrogens with zero attached hydrogens (tertiary/aromatic N) is 3. The van der Waals surface area contributed by atoms with Gasteiger partial charge in [0.05, 0.1) is 12.6 Å². The number of carbonyl (C=O) groups is 1. The van der Waals surface area contributed by atoms with Crippen LogP contribution >= 0.6 is 11.6 Å². The molecule has 0 spiro atoms. The van der Waals surface area contributed by atoms with E-state index in [0.717, 1.165) is 13.1 Å². The first-order valence-corrected chi connectivity index (χ1v) is 9.45. The lowest BCUT2D eigenvalue weighted by Gasteiger charge is -2.30. The van der Waals surface area contributed by atoms with Crippen LogP contribution in [0.3, 0.4) is 0 Å². The molecule has 0 amide bonds. The van der Waals surface area contributed by atoms with Crippen molar-refractivity contribution < 1.29 is 19.0 Å².